The van der Waals surface area contributed by atoms with Crippen LogP contribution >= 0.6 is 23.2 Å². The highest BCUT2D eigenvalue weighted by molar-refractivity contribution is 6.35. The monoisotopic (exact) mass is 492 g/mol. The van der Waals surface area contributed by atoms with Crippen LogP contribution in [0.1, 0.15) is 35.4 Å². The lowest BCUT2D eigenvalue weighted by atomic mass is 9.84. The Hall–Kier alpha value is -2.67. The molecule has 33 heavy (non-hydrogen) atoms. The summed E-state index contributed by atoms with van der Waals surface area (Å²) < 4.78 is 38.5. The van der Waals surface area contributed by atoms with Crippen LogP contribution in [-0.2, 0) is 9.53 Å². The Balaban J connectivity index is 1.75. The summed E-state index contributed by atoms with van der Waals surface area (Å²) >= 11 is 12.8. The van der Waals surface area contributed by atoms with Gasteiger partial charge in [0, 0.05) is 22.9 Å². The molecule has 0 aromatic heterocycles. The lowest BCUT2D eigenvalue weighted by Crippen LogP contribution is -2.36. The summed E-state index contributed by atoms with van der Waals surface area (Å²) in [6.07, 6.45) is -1.26. The molecule has 0 unspecified atom stereocenters. The topological polar surface area (TPSA) is 55.8 Å². The van der Waals surface area contributed by atoms with Crippen molar-refractivity contribution in [1.29, 1.82) is 0 Å². The maximum atomic E-state index is 13.6. The zero-order valence-electron chi connectivity index (χ0n) is 17.3. The number of hydrogen-bond donors (Lipinski definition) is 1. The van der Waals surface area contributed by atoms with Crippen LogP contribution in [0.5, 0.6) is 5.75 Å². The molecule has 0 bridgehead atoms. The molecule has 1 aliphatic heterocycles. The second-order valence-electron chi connectivity index (χ2n) is 7.86. The Labute approximate surface area is 199 Å². The standard InChI is InChI=1S/C25H20Cl2F2O4/c26-16-9-21(25(22(27)10-16)32-13-20-11-19(30)12-23(31)33-20)24(14-1-5-17(28)6-2-14)15-3-7-18(29)8-4-15/h1-10,19-20,24,30H,11-13H2/t19-,20+/m1/s1. The van der Waals surface area contributed by atoms with Crippen molar-refractivity contribution in [1.82, 2.24) is 0 Å². The third kappa shape index (κ3) is 5.64. The highest BCUT2D eigenvalue weighted by Gasteiger charge is 2.29. The average molecular weight is 493 g/mol. The Morgan fingerprint density at radius 3 is 2.12 bits per heavy atom. The molecule has 1 saturated heterocycles. The molecule has 1 N–H and O–H groups in total. The largest absolute Gasteiger partial charge is 0.488 e. The summed E-state index contributed by atoms with van der Waals surface area (Å²) in [4.78, 5) is 11.7. The zero-order valence-corrected chi connectivity index (χ0v) is 18.8. The number of rotatable bonds is 6. The Morgan fingerprint density at radius 1 is 1.00 bits per heavy atom. The van der Waals surface area contributed by atoms with Gasteiger partial charge < -0.3 is 14.6 Å². The fourth-order valence-corrected chi connectivity index (χ4v) is 4.51. The predicted octanol–water partition coefficient (Wildman–Crippen LogP) is 5.90. The number of hydrogen-bond acceptors (Lipinski definition) is 4. The number of carbonyl (C=O) groups is 1. The molecule has 0 amide bonds. The van der Waals surface area contributed by atoms with Gasteiger partial charge in [-0.2, -0.15) is 0 Å². The van der Waals surface area contributed by atoms with E-state index < -0.39 is 35.7 Å². The van der Waals surface area contributed by atoms with Gasteiger partial charge in [0.25, 0.3) is 0 Å². The molecular formula is C25H20Cl2F2O4. The second-order valence-corrected chi connectivity index (χ2v) is 8.70. The minimum absolute atomic E-state index is 0.0310. The molecule has 1 aliphatic rings. The van der Waals surface area contributed by atoms with E-state index in [4.69, 9.17) is 32.7 Å². The van der Waals surface area contributed by atoms with Gasteiger partial charge in [-0.05, 0) is 47.5 Å². The fraction of sp³-hybridized carbons (Fsp3) is 0.240. The molecule has 8 heteroatoms. The Kier molecular flexibility index (Phi) is 7.17. The number of cyclic esters (lactones) is 1. The molecule has 3 aromatic rings. The number of benzene rings is 3. The van der Waals surface area contributed by atoms with Gasteiger partial charge in [-0.3, -0.25) is 4.79 Å². The molecule has 0 spiro atoms. The molecule has 172 valence electrons. The van der Waals surface area contributed by atoms with Gasteiger partial charge in [0.05, 0.1) is 17.5 Å². The van der Waals surface area contributed by atoms with Gasteiger partial charge in [0.15, 0.2) is 0 Å². The van der Waals surface area contributed by atoms with Crippen LogP contribution in [-0.4, -0.2) is 29.9 Å². The molecule has 1 fully saturated rings. The first-order valence-electron chi connectivity index (χ1n) is 10.3. The number of halogens is 4. The first kappa shape index (κ1) is 23.5. The molecule has 4 rings (SSSR count). The summed E-state index contributed by atoms with van der Waals surface area (Å²) in [5.41, 5.74) is 2.00. The molecule has 0 radical (unpaired) electrons. The lowest BCUT2D eigenvalue weighted by Gasteiger charge is -2.27. The van der Waals surface area contributed by atoms with E-state index in [-0.39, 0.29) is 24.5 Å². The highest BCUT2D eigenvalue weighted by Crippen LogP contribution is 2.43. The summed E-state index contributed by atoms with van der Waals surface area (Å²) in [6.45, 7) is -0.0310. The van der Waals surface area contributed by atoms with E-state index in [1.807, 2.05) is 0 Å². The highest BCUT2D eigenvalue weighted by atomic mass is 35.5. The van der Waals surface area contributed by atoms with Crippen LogP contribution in [0, 0.1) is 11.6 Å². The molecule has 2 atom stereocenters. The van der Waals surface area contributed by atoms with Gasteiger partial charge >= 0.3 is 5.97 Å². The van der Waals surface area contributed by atoms with Crippen LogP contribution in [0.4, 0.5) is 8.78 Å². The van der Waals surface area contributed by atoms with Crippen LogP contribution in [0.25, 0.3) is 0 Å². The van der Waals surface area contributed by atoms with E-state index in [1.54, 1.807) is 30.3 Å². The van der Waals surface area contributed by atoms with Crippen LogP contribution in [0.2, 0.25) is 10.0 Å². The van der Waals surface area contributed by atoms with Crippen molar-refractivity contribution >= 4 is 29.2 Å². The molecule has 4 nitrogen and oxygen atoms in total. The van der Waals surface area contributed by atoms with E-state index in [0.717, 1.165) is 0 Å². The van der Waals surface area contributed by atoms with E-state index in [1.165, 1.54) is 30.3 Å². The zero-order chi connectivity index (χ0) is 23.5. The molecule has 0 aliphatic carbocycles. The molecule has 1 heterocycles. The lowest BCUT2D eigenvalue weighted by molar-refractivity contribution is -0.162. The minimum Gasteiger partial charge on any atom is -0.488 e. The molecular weight excluding hydrogens is 473 g/mol. The number of aliphatic hydroxyl groups excluding tert-OH is 1. The Bertz CT molecular complexity index is 1090. The van der Waals surface area contributed by atoms with E-state index in [9.17, 15) is 18.7 Å². The van der Waals surface area contributed by atoms with E-state index in [2.05, 4.69) is 0 Å². The van der Waals surface area contributed by atoms with E-state index in [0.29, 0.717) is 27.5 Å². The van der Waals surface area contributed by atoms with Crippen molar-refractivity contribution in [3.8, 4) is 5.75 Å². The van der Waals surface area contributed by atoms with Crippen LogP contribution in [0.3, 0.4) is 0 Å². The van der Waals surface area contributed by atoms with Gasteiger partial charge in [0.2, 0.25) is 0 Å². The maximum Gasteiger partial charge on any atom is 0.308 e. The quantitative estimate of drug-likeness (QED) is 0.344. The van der Waals surface area contributed by atoms with Crippen LogP contribution < -0.4 is 4.74 Å². The number of aliphatic hydroxyl groups is 1. The van der Waals surface area contributed by atoms with Crippen molar-refractivity contribution < 1.29 is 28.2 Å². The van der Waals surface area contributed by atoms with Crippen molar-refractivity contribution in [2.45, 2.75) is 31.0 Å². The summed E-state index contributed by atoms with van der Waals surface area (Å²) in [7, 11) is 0. The Morgan fingerprint density at radius 2 is 1.58 bits per heavy atom. The molecule has 3 aromatic carbocycles. The third-order valence-corrected chi connectivity index (χ3v) is 5.90. The number of ether oxygens (including phenoxy) is 2. The summed E-state index contributed by atoms with van der Waals surface area (Å²) in [6, 6.07) is 15.1. The minimum atomic E-state index is -0.800. The maximum absolute atomic E-state index is 13.6. The summed E-state index contributed by atoms with van der Waals surface area (Å²) in [5, 5.41) is 10.5. The van der Waals surface area contributed by atoms with Crippen molar-refractivity contribution in [3.05, 3.63) is 99.0 Å². The van der Waals surface area contributed by atoms with Gasteiger partial charge in [-0.15, -0.1) is 0 Å². The first-order valence-corrected chi connectivity index (χ1v) is 11.1. The SMILES string of the molecule is O=C1C[C@H](O)C[C@@H](COc2c(Cl)cc(Cl)cc2C(c2ccc(F)cc2)c2ccc(F)cc2)O1. The summed E-state index contributed by atoms with van der Waals surface area (Å²) in [5.74, 6) is -1.49. The number of esters is 1. The normalized spacial score (nSPS) is 18.3. The third-order valence-electron chi connectivity index (χ3n) is 5.40. The average Bonchev–Trinajstić information content (AvgIpc) is 2.75. The smallest absolute Gasteiger partial charge is 0.308 e. The first-order chi connectivity index (χ1) is 15.8. The van der Waals surface area contributed by atoms with Crippen molar-refractivity contribution in [2.24, 2.45) is 0 Å². The van der Waals surface area contributed by atoms with Crippen molar-refractivity contribution in [2.75, 3.05) is 6.61 Å². The van der Waals surface area contributed by atoms with Gasteiger partial charge in [0.1, 0.15) is 30.1 Å². The predicted molar refractivity (Wildman–Crippen MR) is 121 cm³/mol. The van der Waals surface area contributed by atoms with E-state index >= 15 is 0 Å². The fourth-order valence-electron chi connectivity index (χ4n) is 3.95. The number of carbonyl (C=O) groups excluding carboxylic acids is 1. The van der Waals surface area contributed by atoms with Gasteiger partial charge in [-0.25, -0.2) is 8.78 Å². The second kappa shape index (κ2) is 10.1. The van der Waals surface area contributed by atoms with Gasteiger partial charge in [-0.1, -0.05) is 47.5 Å². The molecule has 0 saturated carbocycles. The van der Waals surface area contributed by atoms with Crippen LogP contribution in [0.15, 0.2) is 60.7 Å². The van der Waals surface area contributed by atoms with Crippen molar-refractivity contribution in [3.63, 3.8) is 0 Å².